The van der Waals surface area contributed by atoms with Crippen molar-refractivity contribution in [1.29, 1.82) is 0 Å². The molecule has 0 fully saturated rings. The molecule has 0 heterocycles. The molecule has 0 bridgehead atoms. The average Bonchev–Trinajstić information content (AvgIpc) is 2.01. The van der Waals surface area contributed by atoms with Gasteiger partial charge in [-0.25, -0.2) is 0 Å². The molecular formula is C8H8F6. The van der Waals surface area contributed by atoms with Gasteiger partial charge in [-0.2, -0.15) is 26.3 Å². The van der Waals surface area contributed by atoms with E-state index in [1.54, 1.807) is 0 Å². The standard InChI is InChI=1S/C8H8F6/c9-7(10,11)5-2-1-3-6(4-5)8(12,13)14/h1-2,5-6H,3-4H2. The van der Waals surface area contributed by atoms with Crippen LogP contribution in [0.25, 0.3) is 0 Å². The third kappa shape index (κ3) is 2.65. The van der Waals surface area contributed by atoms with Gasteiger partial charge < -0.3 is 0 Å². The van der Waals surface area contributed by atoms with Crippen molar-refractivity contribution in [2.45, 2.75) is 25.2 Å². The lowest BCUT2D eigenvalue weighted by Crippen LogP contribution is -2.32. The number of halogens is 6. The van der Waals surface area contributed by atoms with Crippen molar-refractivity contribution in [2.24, 2.45) is 11.8 Å². The highest BCUT2D eigenvalue weighted by Gasteiger charge is 2.47. The predicted molar refractivity (Wildman–Crippen MR) is 37.5 cm³/mol. The van der Waals surface area contributed by atoms with Gasteiger partial charge in [-0.1, -0.05) is 12.2 Å². The lowest BCUT2D eigenvalue weighted by atomic mass is 9.86. The van der Waals surface area contributed by atoms with Gasteiger partial charge in [0.05, 0.1) is 11.8 Å². The number of allylic oxidation sites excluding steroid dienone is 2. The van der Waals surface area contributed by atoms with Crippen LogP contribution in [0.5, 0.6) is 0 Å². The molecule has 0 aromatic rings. The van der Waals surface area contributed by atoms with Crippen LogP contribution in [0, 0.1) is 11.8 Å². The summed E-state index contributed by atoms with van der Waals surface area (Å²) in [4.78, 5) is 0. The van der Waals surface area contributed by atoms with E-state index in [1.165, 1.54) is 0 Å². The van der Waals surface area contributed by atoms with Gasteiger partial charge in [-0.05, 0) is 12.8 Å². The van der Waals surface area contributed by atoms with Gasteiger partial charge >= 0.3 is 12.4 Å². The molecule has 1 aliphatic carbocycles. The minimum Gasteiger partial charge on any atom is -0.171 e. The topological polar surface area (TPSA) is 0 Å². The first kappa shape index (κ1) is 11.4. The van der Waals surface area contributed by atoms with Gasteiger partial charge in [0.2, 0.25) is 0 Å². The van der Waals surface area contributed by atoms with Crippen molar-refractivity contribution in [1.82, 2.24) is 0 Å². The van der Waals surface area contributed by atoms with E-state index in [-0.39, 0.29) is 6.42 Å². The van der Waals surface area contributed by atoms with Crippen LogP contribution < -0.4 is 0 Å². The van der Waals surface area contributed by atoms with E-state index >= 15 is 0 Å². The van der Waals surface area contributed by atoms with E-state index in [0.29, 0.717) is 0 Å². The van der Waals surface area contributed by atoms with Crippen LogP contribution in [0.4, 0.5) is 26.3 Å². The Labute approximate surface area is 76.6 Å². The molecule has 0 saturated heterocycles. The first-order valence-electron chi connectivity index (χ1n) is 4.01. The zero-order valence-corrected chi connectivity index (χ0v) is 6.99. The Bertz CT molecular complexity index is 223. The van der Waals surface area contributed by atoms with E-state index in [0.717, 1.165) is 12.2 Å². The van der Waals surface area contributed by atoms with Crippen LogP contribution in [0.3, 0.4) is 0 Å². The summed E-state index contributed by atoms with van der Waals surface area (Å²) in [6.07, 6.45) is -8.57. The molecule has 0 aromatic heterocycles. The van der Waals surface area contributed by atoms with Crippen LogP contribution in [-0.2, 0) is 0 Å². The second-order valence-electron chi connectivity index (χ2n) is 3.29. The molecule has 1 rings (SSSR count). The molecule has 2 atom stereocenters. The summed E-state index contributed by atoms with van der Waals surface area (Å²) in [6, 6.07) is 0. The minimum absolute atomic E-state index is 0.351. The Morgan fingerprint density at radius 2 is 1.50 bits per heavy atom. The van der Waals surface area contributed by atoms with Gasteiger partial charge in [0, 0.05) is 0 Å². The molecule has 0 spiro atoms. The molecular weight excluding hydrogens is 210 g/mol. The van der Waals surface area contributed by atoms with E-state index in [9.17, 15) is 26.3 Å². The summed E-state index contributed by atoms with van der Waals surface area (Å²) >= 11 is 0. The molecule has 14 heavy (non-hydrogen) atoms. The maximum Gasteiger partial charge on any atom is 0.395 e. The number of hydrogen-bond acceptors (Lipinski definition) is 0. The van der Waals surface area contributed by atoms with Crippen LogP contribution in [0.2, 0.25) is 0 Å². The smallest absolute Gasteiger partial charge is 0.171 e. The molecule has 0 radical (unpaired) electrons. The van der Waals surface area contributed by atoms with Gasteiger partial charge in [-0.15, -0.1) is 0 Å². The highest BCUT2D eigenvalue weighted by Crippen LogP contribution is 2.42. The van der Waals surface area contributed by atoms with Gasteiger partial charge in [0.1, 0.15) is 0 Å². The second kappa shape index (κ2) is 3.47. The zero-order chi connectivity index (χ0) is 11.0. The highest BCUT2D eigenvalue weighted by atomic mass is 19.4. The van der Waals surface area contributed by atoms with E-state index in [4.69, 9.17) is 0 Å². The van der Waals surface area contributed by atoms with Crippen molar-refractivity contribution in [3.63, 3.8) is 0 Å². The van der Waals surface area contributed by atoms with E-state index < -0.39 is 30.6 Å². The molecule has 0 aromatic carbocycles. The van der Waals surface area contributed by atoms with Crippen molar-refractivity contribution in [3.05, 3.63) is 12.2 Å². The Balaban J connectivity index is 2.71. The quantitative estimate of drug-likeness (QED) is 0.429. The predicted octanol–water partition coefficient (Wildman–Crippen LogP) is 3.69. The lowest BCUT2D eigenvalue weighted by molar-refractivity contribution is -0.204. The SMILES string of the molecule is FC(F)(F)C1C=CCC(C(F)(F)F)C1. The van der Waals surface area contributed by atoms with E-state index in [1.807, 2.05) is 0 Å². The van der Waals surface area contributed by atoms with Gasteiger partial charge in [0.15, 0.2) is 0 Å². The molecule has 0 N–H and O–H groups in total. The first-order chi connectivity index (χ1) is 6.21. The normalized spacial score (nSPS) is 29.3. The fourth-order valence-electron chi connectivity index (χ4n) is 1.40. The van der Waals surface area contributed by atoms with Crippen LogP contribution in [-0.4, -0.2) is 12.4 Å². The highest BCUT2D eigenvalue weighted by molar-refractivity contribution is 5.00. The summed E-state index contributed by atoms with van der Waals surface area (Å²) in [5, 5.41) is 0. The van der Waals surface area contributed by atoms with Crippen LogP contribution in [0.1, 0.15) is 12.8 Å². The molecule has 0 saturated carbocycles. The van der Waals surface area contributed by atoms with Crippen LogP contribution in [0.15, 0.2) is 12.2 Å². The van der Waals surface area contributed by atoms with Crippen LogP contribution >= 0.6 is 0 Å². The van der Waals surface area contributed by atoms with Crippen molar-refractivity contribution < 1.29 is 26.3 Å². The number of hydrogen-bond donors (Lipinski definition) is 0. The molecule has 0 aliphatic heterocycles. The molecule has 82 valence electrons. The summed E-state index contributed by atoms with van der Waals surface area (Å²) in [7, 11) is 0. The monoisotopic (exact) mass is 218 g/mol. The van der Waals surface area contributed by atoms with Crippen molar-refractivity contribution >= 4 is 0 Å². The van der Waals surface area contributed by atoms with Crippen molar-refractivity contribution in [3.8, 4) is 0 Å². The third-order valence-electron chi connectivity index (χ3n) is 2.21. The number of alkyl halides is 6. The van der Waals surface area contributed by atoms with Crippen molar-refractivity contribution in [2.75, 3.05) is 0 Å². The fraction of sp³-hybridized carbons (Fsp3) is 0.750. The van der Waals surface area contributed by atoms with Gasteiger partial charge in [-0.3, -0.25) is 0 Å². The minimum atomic E-state index is -4.57. The Morgan fingerprint density at radius 3 is 1.93 bits per heavy atom. The largest absolute Gasteiger partial charge is 0.395 e. The third-order valence-corrected chi connectivity index (χ3v) is 2.21. The summed E-state index contributed by atoms with van der Waals surface area (Å²) in [5.74, 6) is -3.82. The van der Waals surface area contributed by atoms with Gasteiger partial charge in [0.25, 0.3) is 0 Å². The molecule has 0 amide bonds. The average molecular weight is 218 g/mol. The summed E-state index contributed by atoms with van der Waals surface area (Å²) in [6.45, 7) is 0. The summed E-state index contributed by atoms with van der Waals surface area (Å²) in [5.41, 5.74) is 0. The molecule has 2 unspecified atom stereocenters. The molecule has 1 aliphatic rings. The first-order valence-corrected chi connectivity index (χ1v) is 4.01. The molecule has 6 heteroatoms. The Hall–Kier alpha value is -0.680. The lowest BCUT2D eigenvalue weighted by Gasteiger charge is -2.27. The Kier molecular flexibility index (Phi) is 2.83. The van der Waals surface area contributed by atoms with E-state index in [2.05, 4.69) is 0 Å². The summed E-state index contributed by atoms with van der Waals surface area (Å²) < 4.78 is 72.6. The fourth-order valence-corrected chi connectivity index (χ4v) is 1.40. The molecule has 0 nitrogen and oxygen atoms in total. The maximum atomic E-state index is 12.1. The Morgan fingerprint density at radius 1 is 0.929 bits per heavy atom. The zero-order valence-electron chi connectivity index (χ0n) is 6.99. The second-order valence-corrected chi connectivity index (χ2v) is 3.29. The maximum absolute atomic E-state index is 12.1. The number of rotatable bonds is 0.